The van der Waals surface area contributed by atoms with Crippen molar-refractivity contribution in [2.75, 3.05) is 11.9 Å². The first-order chi connectivity index (χ1) is 11.7. The van der Waals surface area contributed by atoms with Crippen LogP contribution >= 0.6 is 15.9 Å². The summed E-state index contributed by atoms with van der Waals surface area (Å²) in [7, 11) is 0. The Labute approximate surface area is 149 Å². The highest BCUT2D eigenvalue weighted by Crippen LogP contribution is 2.29. The van der Waals surface area contributed by atoms with Gasteiger partial charge in [-0.3, -0.25) is 4.79 Å². The Hall–Kier alpha value is -2.07. The number of benzene rings is 2. The standard InChI is InChI=1S/C20H19BrO3/c1-14-18(23-12-6-5-11-21)10-9-16-17(22)13-19(24-20(14)16)15-7-3-2-4-8-15/h2-4,7-10,13H,5-6,11-12H2,1H3. The minimum atomic E-state index is -0.0379. The Morgan fingerprint density at radius 1 is 1.08 bits per heavy atom. The van der Waals surface area contributed by atoms with Crippen LogP contribution < -0.4 is 10.2 Å². The van der Waals surface area contributed by atoms with Crippen molar-refractivity contribution in [3.63, 3.8) is 0 Å². The van der Waals surface area contributed by atoms with Crippen molar-refractivity contribution >= 4 is 26.9 Å². The first-order valence-electron chi connectivity index (χ1n) is 8.02. The average Bonchev–Trinajstić information content (AvgIpc) is 2.61. The Balaban J connectivity index is 2.01. The number of rotatable bonds is 6. The summed E-state index contributed by atoms with van der Waals surface area (Å²) in [5.74, 6) is 1.35. The summed E-state index contributed by atoms with van der Waals surface area (Å²) in [5, 5.41) is 1.56. The van der Waals surface area contributed by atoms with Crippen LogP contribution in [-0.4, -0.2) is 11.9 Å². The molecular formula is C20H19BrO3. The number of fused-ring (bicyclic) bond motifs is 1. The molecule has 2 aromatic carbocycles. The summed E-state index contributed by atoms with van der Waals surface area (Å²) >= 11 is 3.42. The first kappa shape index (κ1) is 16.8. The Morgan fingerprint density at radius 3 is 2.62 bits per heavy atom. The van der Waals surface area contributed by atoms with Crippen molar-refractivity contribution in [1.82, 2.24) is 0 Å². The molecule has 0 spiro atoms. The maximum atomic E-state index is 12.4. The average molecular weight is 387 g/mol. The maximum Gasteiger partial charge on any atom is 0.193 e. The van der Waals surface area contributed by atoms with Gasteiger partial charge in [0.05, 0.1) is 12.0 Å². The second-order valence-electron chi connectivity index (χ2n) is 5.65. The summed E-state index contributed by atoms with van der Waals surface area (Å²) in [6, 6.07) is 14.8. The number of hydrogen-bond donors (Lipinski definition) is 0. The monoisotopic (exact) mass is 386 g/mol. The summed E-state index contributed by atoms with van der Waals surface area (Å²) in [4.78, 5) is 12.4. The molecule has 24 heavy (non-hydrogen) atoms. The van der Waals surface area contributed by atoms with E-state index in [-0.39, 0.29) is 5.43 Å². The van der Waals surface area contributed by atoms with Crippen LogP contribution in [-0.2, 0) is 0 Å². The van der Waals surface area contributed by atoms with Crippen LogP contribution in [0.5, 0.6) is 5.75 Å². The van der Waals surface area contributed by atoms with E-state index in [1.165, 1.54) is 0 Å². The smallest absolute Gasteiger partial charge is 0.193 e. The molecule has 0 fully saturated rings. The number of unbranched alkanes of at least 4 members (excludes halogenated alkanes) is 1. The van der Waals surface area contributed by atoms with Crippen LogP contribution in [0.1, 0.15) is 18.4 Å². The third-order valence-electron chi connectivity index (χ3n) is 3.94. The number of halogens is 1. The number of aryl methyl sites for hydroxylation is 1. The molecule has 3 nitrogen and oxygen atoms in total. The van der Waals surface area contributed by atoms with Crippen LogP contribution in [0.15, 0.2) is 57.7 Å². The minimum absolute atomic E-state index is 0.0379. The lowest BCUT2D eigenvalue weighted by Crippen LogP contribution is -2.04. The molecule has 0 aliphatic rings. The van der Waals surface area contributed by atoms with E-state index in [4.69, 9.17) is 9.15 Å². The van der Waals surface area contributed by atoms with E-state index in [2.05, 4.69) is 15.9 Å². The molecule has 0 amide bonds. The second kappa shape index (κ2) is 7.67. The predicted octanol–water partition coefficient (Wildman–Crippen LogP) is 5.32. The molecule has 124 valence electrons. The zero-order valence-corrected chi connectivity index (χ0v) is 15.1. The molecule has 0 bridgehead atoms. The van der Waals surface area contributed by atoms with Gasteiger partial charge in [-0.25, -0.2) is 0 Å². The van der Waals surface area contributed by atoms with E-state index in [0.29, 0.717) is 23.3 Å². The first-order valence-corrected chi connectivity index (χ1v) is 9.14. The van der Waals surface area contributed by atoms with Gasteiger partial charge in [0, 0.05) is 22.5 Å². The van der Waals surface area contributed by atoms with E-state index in [0.717, 1.165) is 35.0 Å². The SMILES string of the molecule is Cc1c(OCCCCBr)ccc2c(=O)cc(-c3ccccc3)oc12. The molecule has 0 unspecified atom stereocenters. The van der Waals surface area contributed by atoms with Crippen LogP contribution in [0.2, 0.25) is 0 Å². The largest absolute Gasteiger partial charge is 0.493 e. The molecule has 4 heteroatoms. The molecule has 0 aliphatic heterocycles. The van der Waals surface area contributed by atoms with Crippen molar-refractivity contribution in [1.29, 1.82) is 0 Å². The minimum Gasteiger partial charge on any atom is -0.493 e. The van der Waals surface area contributed by atoms with Crippen molar-refractivity contribution in [3.05, 3.63) is 64.3 Å². The van der Waals surface area contributed by atoms with Crippen molar-refractivity contribution in [3.8, 4) is 17.1 Å². The topological polar surface area (TPSA) is 39.4 Å². The number of alkyl halides is 1. The van der Waals surface area contributed by atoms with E-state index in [1.54, 1.807) is 12.1 Å². The highest BCUT2D eigenvalue weighted by atomic mass is 79.9. The zero-order chi connectivity index (χ0) is 16.9. The molecule has 3 aromatic rings. The maximum absolute atomic E-state index is 12.4. The lowest BCUT2D eigenvalue weighted by atomic mass is 10.1. The van der Waals surface area contributed by atoms with Gasteiger partial charge in [-0.1, -0.05) is 46.3 Å². The summed E-state index contributed by atoms with van der Waals surface area (Å²) in [5.41, 5.74) is 2.31. The molecule has 1 heterocycles. The Bertz CT molecular complexity index is 885. The summed E-state index contributed by atoms with van der Waals surface area (Å²) < 4.78 is 11.9. The molecule has 0 saturated heterocycles. The zero-order valence-electron chi connectivity index (χ0n) is 13.5. The third-order valence-corrected chi connectivity index (χ3v) is 4.50. The molecule has 3 rings (SSSR count). The fourth-order valence-electron chi connectivity index (χ4n) is 2.62. The van der Waals surface area contributed by atoms with Gasteiger partial charge >= 0.3 is 0 Å². The summed E-state index contributed by atoms with van der Waals surface area (Å²) in [6.07, 6.45) is 2.05. The quantitative estimate of drug-likeness (QED) is 0.424. The molecule has 0 aliphatic carbocycles. The highest BCUT2D eigenvalue weighted by Gasteiger charge is 2.12. The van der Waals surface area contributed by atoms with E-state index in [9.17, 15) is 4.79 Å². The van der Waals surface area contributed by atoms with E-state index >= 15 is 0 Å². The van der Waals surface area contributed by atoms with Gasteiger partial charge in [0.2, 0.25) is 0 Å². The van der Waals surface area contributed by atoms with Gasteiger partial charge in [0.1, 0.15) is 17.1 Å². The molecular weight excluding hydrogens is 368 g/mol. The third kappa shape index (κ3) is 3.54. The lowest BCUT2D eigenvalue weighted by Gasteiger charge is -2.11. The van der Waals surface area contributed by atoms with E-state index < -0.39 is 0 Å². The highest BCUT2D eigenvalue weighted by molar-refractivity contribution is 9.09. The second-order valence-corrected chi connectivity index (χ2v) is 6.44. The van der Waals surface area contributed by atoms with Gasteiger partial charge < -0.3 is 9.15 Å². The number of hydrogen-bond acceptors (Lipinski definition) is 3. The molecule has 0 saturated carbocycles. The summed E-state index contributed by atoms with van der Waals surface area (Å²) in [6.45, 7) is 2.58. The fraction of sp³-hybridized carbons (Fsp3) is 0.250. The Kier molecular flexibility index (Phi) is 5.36. The van der Waals surface area contributed by atoms with Crippen molar-refractivity contribution < 1.29 is 9.15 Å². The van der Waals surface area contributed by atoms with Gasteiger partial charge in [-0.05, 0) is 31.9 Å². The van der Waals surface area contributed by atoms with Crippen molar-refractivity contribution in [2.24, 2.45) is 0 Å². The molecule has 0 atom stereocenters. The normalized spacial score (nSPS) is 10.9. The van der Waals surface area contributed by atoms with Gasteiger partial charge in [0.15, 0.2) is 5.43 Å². The lowest BCUT2D eigenvalue weighted by molar-refractivity contribution is 0.308. The molecule has 1 aromatic heterocycles. The molecule has 0 radical (unpaired) electrons. The van der Waals surface area contributed by atoms with Crippen molar-refractivity contribution in [2.45, 2.75) is 19.8 Å². The van der Waals surface area contributed by atoms with Crippen LogP contribution in [0.4, 0.5) is 0 Å². The fourth-order valence-corrected chi connectivity index (χ4v) is 3.01. The number of ether oxygens (including phenoxy) is 1. The van der Waals surface area contributed by atoms with Crippen LogP contribution in [0.25, 0.3) is 22.3 Å². The molecule has 0 N–H and O–H groups in total. The predicted molar refractivity (Wildman–Crippen MR) is 101 cm³/mol. The van der Waals surface area contributed by atoms with Gasteiger partial charge in [-0.15, -0.1) is 0 Å². The van der Waals surface area contributed by atoms with Gasteiger partial charge in [-0.2, -0.15) is 0 Å². The Morgan fingerprint density at radius 2 is 1.88 bits per heavy atom. The van der Waals surface area contributed by atoms with Crippen LogP contribution in [0.3, 0.4) is 0 Å². The van der Waals surface area contributed by atoms with Gasteiger partial charge in [0.25, 0.3) is 0 Å². The van der Waals surface area contributed by atoms with E-state index in [1.807, 2.05) is 43.3 Å². The van der Waals surface area contributed by atoms with Crippen LogP contribution in [0, 0.1) is 6.92 Å².